The van der Waals surface area contributed by atoms with Gasteiger partial charge in [0, 0.05) is 0 Å². The van der Waals surface area contributed by atoms with Crippen molar-refractivity contribution in [3.8, 4) is 16.9 Å². The summed E-state index contributed by atoms with van der Waals surface area (Å²) in [5, 5.41) is 0. The molecule has 3 rings (SSSR count). The third kappa shape index (κ3) is 6.58. The lowest BCUT2D eigenvalue weighted by Crippen LogP contribution is -2.28. The van der Waals surface area contributed by atoms with Crippen LogP contribution < -0.4 is 4.18 Å². The van der Waals surface area contributed by atoms with Crippen LogP contribution in [-0.4, -0.2) is 13.9 Å². The van der Waals surface area contributed by atoms with Crippen LogP contribution in [0.5, 0.6) is 5.75 Å². The highest BCUT2D eigenvalue weighted by Crippen LogP contribution is 2.28. The Balaban J connectivity index is 0.000000275. The molecule has 0 saturated carbocycles. The number of para-hydroxylation sites is 1. The van der Waals surface area contributed by atoms with Crippen LogP contribution >= 0.6 is 13.5 Å². The maximum absolute atomic E-state index is 12.8. The zero-order valence-corrected chi connectivity index (χ0v) is 16.0. The van der Waals surface area contributed by atoms with E-state index in [9.17, 15) is 26.0 Å². The molecule has 3 aromatic carbocycles. The van der Waals surface area contributed by atoms with E-state index in [-0.39, 0.29) is 13.5 Å². The second kappa shape index (κ2) is 10.1. The van der Waals surface area contributed by atoms with Crippen LogP contribution in [0.3, 0.4) is 0 Å². The summed E-state index contributed by atoms with van der Waals surface area (Å²) in [5.74, 6) is -2.18. The zero-order valence-electron chi connectivity index (χ0n) is 14.2. The van der Waals surface area contributed by atoms with Crippen molar-refractivity contribution in [3.05, 3.63) is 90.7 Å². The molecule has 0 radical (unpaired) electrons. The van der Waals surface area contributed by atoms with Gasteiger partial charge in [0.05, 0.1) is 0 Å². The van der Waals surface area contributed by atoms with E-state index in [1.807, 2.05) is 12.1 Å². The second-order valence-corrected chi connectivity index (χ2v) is 6.68. The van der Waals surface area contributed by atoms with E-state index in [2.05, 4.69) is 52.7 Å². The molecule has 0 N–H and O–H groups in total. The van der Waals surface area contributed by atoms with Gasteiger partial charge in [0.15, 0.2) is 11.6 Å². The number of rotatable bonds is 3. The zero-order chi connectivity index (χ0) is 19.9. The summed E-state index contributed by atoms with van der Waals surface area (Å²) in [6.07, 6.45) is 0. The van der Waals surface area contributed by atoms with Gasteiger partial charge in [-0.25, -0.2) is 4.39 Å². The van der Waals surface area contributed by atoms with Crippen LogP contribution in [0.25, 0.3) is 11.1 Å². The maximum Gasteiger partial charge on any atom is 0.534 e. The lowest BCUT2D eigenvalue weighted by molar-refractivity contribution is -0.0500. The fourth-order valence-corrected chi connectivity index (χ4v) is 2.41. The molecule has 9 heteroatoms. The molecule has 0 fully saturated rings. The van der Waals surface area contributed by atoms with Gasteiger partial charge >= 0.3 is 15.6 Å². The Morgan fingerprint density at radius 3 is 1.46 bits per heavy atom. The molecule has 0 aliphatic carbocycles. The van der Waals surface area contributed by atoms with Crippen molar-refractivity contribution in [2.45, 2.75) is 5.51 Å². The number of halogens is 4. The van der Waals surface area contributed by atoms with Crippen LogP contribution in [-0.2, 0) is 10.1 Å². The van der Waals surface area contributed by atoms with E-state index in [1.165, 1.54) is 17.2 Å². The molecule has 3 nitrogen and oxygen atoms in total. The molecule has 0 aliphatic rings. The maximum atomic E-state index is 12.8. The average molecular weight is 432 g/mol. The van der Waals surface area contributed by atoms with E-state index in [0.717, 1.165) is 18.2 Å². The molecule has 0 spiro atoms. The number of benzene rings is 3. The van der Waals surface area contributed by atoms with E-state index >= 15 is 0 Å². The molecule has 0 heterocycles. The van der Waals surface area contributed by atoms with Gasteiger partial charge < -0.3 is 4.18 Å². The van der Waals surface area contributed by atoms with Gasteiger partial charge in [0.2, 0.25) is 0 Å². The highest BCUT2D eigenvalue weighted by atomic mass is 32.2. The summed E-state index contributed by atoms with van der Waals surface area (Å²) < 4.78 is 72.7. The molecule has 0 aliphatic heterocycles. The van der Waals surface area contributed by atoms with Gasteiger partial charge in [-0.2, -0.15) is 35.1 Å². The molecule has 0 atom stereocenters. The van der Waals surface area contributed by atoms with Gasteiger partial charge in [0.1, 0.15) is 0 Å². The van der Waals surface area contributed by atoms with Gasteiger partial charge in [-0.05, 0) is 23.3 Å². The number of alkyl halides is 3. The summed E-state index contributed by atoms with van der Waals surface area (Å²) in [6.45, 7) is 0. The molecule has 150 valence electrons. The van der Waals surface area contributed by atoms with Crippen molar-refractivity contribution in [2.75, 3.05) is 0 Å². The smallest absolute Gasteiger partial charge is 0.373 e. The SMILES string of the molecule is O=S(=O)(Oc1ccccc1F)C(F)(F)F.S.c1ccc(-c2ccccc2)cc1. The Labute approximate surface area is 167 Å². The van der Waals surface area contributed by atoms with Crippen molar-refractivity contribution >= 4 is 23.6 Å². The van der Waals surface area contributed by atoms with Crippen LogP contribution in [0.15, 0.2) is 84.9 Å². The standard InChI is InChI=1S/C12H10.C7H4F4O3S.H2S/c1-3-7-11(8-4-1)12-9-5-2-6-10-12;8-5-3-1-2-4-6(5)14-15(12,13)7(9,10)11;/h1-10H;1-4H;1H2. The van der Waals surface area contributed by atoms with Crippen LogP contribution in [0.4, 0.5) is 17.6 Å². The third-order valence-corrected chi connectivity index (χ3v) is 4.17. The average Bonchev–Trinajstić information content (AvgIpc) is 2.65. The van der Waals surface area contributed by atoms with Gasteiger partial charge in [-0.1, -0.05) is 72.8 Å². The lowest BCUT2D eigenvalue weighted by atomic mass is 10.1. The molecular weight excluding hydrogens is 416 g/mol. The first-order chi connectivity index (χ1) is 12.7. The summed E-state index contributed by atoms with van der Waals surface area (Å²) in [4.78, 5) is 0. The van der Waals surface area contributed by atoms with Gasteiger partial charge in [-0.3, -0.25) is 0 Å². The Hall–Kier alpha value is -2.52. The highest BCUT2D eigenvalue weighted by Gasteiger charge is 2.48. The molecule has 3 aromatic rings. The normalized spacial score (nSPS) is 10.9. The third-order valence-electron chi connectivity index (χ3n) is 3.20. The topological polar surface area (TPSA) is 43.4 Å². The highest BCUT2D eigenvalue weighted by molar-refractivity contribution is 7.88. The summed E-state index contributed by atoms with van der Waals surface area (Å²) in [7, 11) is -5.81. The lowest BCUT2D eigenvalue weighted by Gasteiger charge is -2.09. The molecular formula is C19H16F4O3S2. The van der Waals surface area contributed by atoms with Crippen molar-refractivity contribution in [3.63, 3.8) is 0 Å². The second-order valence-electron chi connectivity index (χ2n) is 5.15. The molecule has 0 bridgehead atoms. The van der Waals surface area contributed by atoms with Crippen molar-refractivity contribution in [1.82, 2.24) is 0 Å². The number of hydrogen-bond acceptors (Lipinski definition) is 3. The summed E-state index contributed by atoms with van der Waals surface area (Å²) >= 11 is 0. The van der Waals surface area contributed by atoms with Crippen molar-refractivity contribution in [2.24, 2.45) is 0 Å². The first kappa shape index (κ1) is 23.5. The molecule has 0 unspecified atom stereocenters. The predicted molar refractivity (Wildman–Crippen MR) is 104 cm³/mol. The monoisotopic (exact) mass is 432 g/mol. The minimum absolute atomic E-state index is 0. The van der Waals surface area contributed by atoms with Gasteiger partial charge in [-0.15, -0.1) is 0 Å². The fourth-order valence-electron chi connectivity index (χ4n) is 1.94. The first-order valence-corrected chi connectivity index (χ1v) is 8.97. The largest absolute Gasteiger partial charge is 0.534 e. The van der Waals surface area contributed by atoms with Crippen LogP contribution in [0, 0.1) is 5.82 Å². The van der Waals surface area contributed by atoms with Crippen LogP contribution in [0.1, 0.15) is 0 Å². The van der Waals surface area contributed by atoms with Crippen molar-refractivity contribution < 1.29 is 30.2 Å². The molecule has 0 amide bonds. The summed E-state index contributed by atoms with van der Waals surface area (Å²) in [6, 6.07) is 24.7. The molecule has 0 aromatic heterocycles. The Morgan fingerprint density at radius 1 is 0.679 bits per heavy atom. The fraction of sp³-hybridized carbons (Fsp3) is 0.0526. The Bertz CT molecular complexity index is 924. The minimum atomic E-state index is -5.81. The van der Waals surface area contributed by atoms with E-state index < -0.39 is 27.2 Å². The van der Waals surface area contributed by atoms with Crippen molar-refractivity contribution in [1.29, 1.82) is 0 Å². The predicted octanol–water partition coefficient (Wildman–Crippen LogP) is 5.52. The van der Waals surface area contributed by atoms with E-state index in [1.54, 1.807) is 0 Å². The van der Waals surface area contributed by atoms with E-state index in [4.69, 9.17) is 0 Å². The van der Waals surface area contributed by atoms with E-state index in [0.29, 0.717) is 0 Å². The van der Waals surface area contributed by atoms with Crippen LogP contribution in [0.2, 0.25) is 0 Å². The first-order valence-electron chi connectivity index (χ1n) is 7.56. The minimum Gasteiger partial charge on any atom is -0.373 e. The Morgan fingerprint density at radius 2 is 1.07 bits per heavy atom. The Kier molecular flexibility index (Phi) is 8.52. The molecule has 0 saturated heterocycles. The number of hydrogen-bond donors (Lipinski definition) is 0. The quantitative estimate of drug-likeness (QED) is 0.311. The van der Waals surface area contributed by atoms with Gasteiger partial charge in [0.25, 0.3) is 0 Å². The summed E-state index contributed by atoms with van der Waals surface area (Å²) in [5.41, 5.74) is -3.02. The molecule has 28 heavy (non-hydrogen) atoms.